The van der Waals surface area contributed by atoms with Crippen LogP contribution in [-0.4, -0.2) is 22.8 Å². The number of ether oxygens (including phenoxy) is 1. The molecule has 104 valence electrons. The van der Waals surface area contributed by atoms with E-state index in [9.17, 15) is 4.79 Å². The summed E-state index contributed by atoms with van der Waals surface area (Å²) in [6, 6.07) is 7.21. The molecule has 1 atom stereocenters. The van der Waals surface area contributed by atoms with Crippen LogP contribution in [0.3, 0.4) is 0 Å². The summed E-state index contributed by atoms with van der Waals surface area (Å²) in [6.07, 6.45) is 0.631. The molecule has 1 unspecified atom stereocenters. The number of benzene rings is 1. The van der Waals surface area contributed by atoms with Crippen LogP contribution < -0.4 is 5.32 Å². The summed E-state index contributed by atoms with van der Waals surface area (Å²) in [6.45, 7) is 0.346. The molecule has 2 heterocycles. The van der Waals surface area contributed by atoms with Crippen molar-refractivity contribution in [1.82, 2.24) is 15.5 Å². The summed E-state index contributed by atoms with van der Waals surface area (Å²) in [7, 11) is 0. The Morgan fingerprint density at radius 2 is 2.25 bits per heavy atom. The minimum atomic E-state index is -0.466. The van der Waals surface area contributed by atoms with Crippen molar-refractivity contribution in [3.05, 3.63) is 46.6 Å². The van der Waals surface area contributed by atoms with E-state index in [0.29, 0.717) is 36.2 Å². The lowest BCUT2D eigenvalue weighted by molar-refractivity contribution is 0.109. The second kappa shape index (κ2) is 5.50. The third-order valence-corrected chi connectivity index (χ3v) is 3.39. The van der Waals surface area contributed by atoms with E-state index in [1.165, 1.54) is 0 Å². The summed E-state index contributed by atoms with van der Waals surface area (Å²) >= 11 is 6.09. The fourth-order valence-electron chi connectivity index (χ4n) is 2.00. The molecule has 0 bridgehead atoms. The standard InChI is InChI=1S/C13H12ClN3O3/c14-9-4-2-1-3-8(9)7-11-16-12(20-17-11)10-5-6-19-13(18)15-10/h1-4,10H,5-7H2,(H,15,18). The Morgan fingerprint density at radius 1 is 1.40 bits per heavy atom. The normalized spacial score (nSPS) is 18.4. The zero-order chi connectivity index (χ0) is 13.9. The maximum absolute atomic E-state index is 11.1. The predicted molar refractivity (Wildman–Crippen MR) is 70.4 cm³/mol. The number of aromatic nitrogens is 2. The Bertz CT molecular complexity index is 629. The first-order valence-electron chi connectivity index (χ1n) is 6.21. The smallest absolute Gasteiger partial charge is 0.407 e. The van der Waals surface area contributed by atoms with Gasteiger partial charge in [0.2, 0.25) is 5.89 Å². The number of halogens is 1. The van der Waals surface area contributed by atoms with Gasteiger partial charge < -0.3 is 14.6 Å². The van der Waals surface area contributed by atoms with Gasteiger partial charge in [0.15, 0.2) is 5.82 Å². The average Bonchev–Trinajstić information content (AvgIpc) is 2.90. The summed E-state index contributed by atoms with van der Waals surface area (Å²) in [5.41, 5.74) is 0.928. The molecule has 1 aliphatic heterocycles. The van der Waals surface area contributed by atoms with Gasteiger partial charge in [-0.15, -0.1) is 0 Å². The Morgan fingerprint density at radius 3 is 3.05 bits per heavy atom. The number of hydrogen-bond donors (Lipinski definition) is 1. The second-order valence-electron chi connectivity index (χ2n) is 4.44. The first kappa shape index (κ1) is 12.9. The van der Waals surface area contributed by atoms with Crippen LogP contribution in [0.1, 0.15) is 29.7 Å². The molecule has 1 aromatic carbocycles. The lowest BCUT2D eigenvalue weighted by Gasteiger charge is -2.19. The van der Waals surface area contributed by atoms with Crippen molar-refractivity contribution in [2.75, 3.05) is 6.61 Å². The maximum Gasteiger partial charge on any atom is 0.407 e. The number of hydrogen-bond acceptors (Lipinski definition) is 5. The molecule has 20 heavy (non-hydrogen) atoms. The zero-order valence-electron chi connectivity index (χ0n) is 10.5. The fraction of sp³-hybridized carbons (Fsp3) is 0.308. The number of alkyl carbamates (subject to hydrolysis) is 1. The number of amides is 1. The zero-order valence-corrected chi connectivity index (χ0v) is 11.3. The molecule has 1 aliphatic rings. The van der Waals surface area contributed by atoms with Crippen molar-refractivity contribution < 1.29 is 14.1 Å². The third-order valence-electron chi connectivity index (χ3n) is 3.02. The molecule has 0 radical (unpaired) electrons. The summed E-state index contributed by atoms with van der Waals surface area (Å²) < 4.78 is 9.98. The van der Waals surface area contributed by atoms with Crippen LogP contribution in [0.4, 0.5) is 4.79 Å². The van der Waals surface area contributed by atoms with Gasteiger partial charge in [0.25, 0.3) is 0 Å². The van der Waals surface area contributed by atoms with Crippen LogP contribution >= 0.6 is 11.6 Å². The van der Waals surface area contributed by atoms with E-state index in [4.69, 9.17) is 20.9 Å². The largest absolute Gasteiger partial charge is 0.449 e. The van der Waals surface area contributed by atoms with Gasteiger partial charge in [0.05, 0.1) is 6.61 Å². The number of nitrogens with zero attached hydrogens (tertiary/aromatic N) is 2. The summed E-state index contributed by atoms with van der Waals surface area (Å²) in [5.74, 6) is 0.928. The van der Waals surface area contributed by atoms with E-state index < -0.39 is 6.09 Å². The number of rotatable bonds is 3. The van der Waals surface area contributed by atoms with Gasteiger partial charge in [-0.1, -0.05) is 35.0 Å². The molecule has 1 N–H and O–H groups in total. The molecule has 6 nitrogen and oxygen atoms in total. The van der Waals surface area contributed by atoms with Crippen molar-refractivity contribution in [1.29, 1.82) is 0 Å². The van der Waals surface area contributed by atoms with Crippen LogP contribution in [0.15, 0.2) is 28.8 Å². The molecule has 1 aromatic heterocycles. The summed E-state index contributed by atoms with van der Waals surface area (Å²) in [5, 5.41) is 7.22. The van der Waals surface area contributed by atoms with E-state index in [2.05, 4.69) is 15.5 Å². The van der Waals surface area contributed by atoms with Crippen molar-refractivity contribution in [3.8, 4) is 0 Å². The van der Waals surface area contributed by atoms with Crippen molar-refractivity contribution >= 4 is 17.7 Å². The van der Waals surface area contributed by atoms with E-state index in [1.54, 1.807) is 0 Å². The predicted octanol–water partition coefficient (Wildman–Crippen LogP) is 2.48. The minimum Gasteiger partial charge on any atom is -0.449 e. The SMILES string of the molecule is O=C1NC(c2nc(Cc3ccccc3Cl)no2)CCO1. The van der Waals surface area contributed by atoms with E-state index in [0.717, 1.165) is 5.56 Å². The first-order chi connectivity index (χ1) is 9.72. The Hall–Kier alpha value is -2.08. The molecule has 7 heteroatoms. The van der Waals surface area contributed by atoms with E-state index >= 15 is 0 Å². The van der Waals surface area contributed by atoms with Gasteiger partial charge in [-0.2, -0.15) is 4.98 Å². The Balaban J connectivity index is 1.74. The highest BCUT2D eigenvalue weighted by Crippen LogP contribution is 2.21. The number of carbonyl (C=O) groups excluding carboxylic acids is 1. The number of cyclic esters (lactones) is 1. The molecular weight excluding hydrogens is 282 g/mol. The van der Waals surface area contributed by atoms with Crippen LogP contribution in [-0.2, 0) is 11.2 Å². The van der Waals surface area contributed by atoms with Gasteiger partial charge in [0.1, 0.15) is 6.04 Å². The van der Waals surface area contributed by atoms with Crippen LogP contribution in [0.2, 0.25) is 5.02 Å². The summed E-state index contributed by atoms with van der Waals surface area (Å²) in [4.78, 5) is 15.4. The van der Waals surface area contributed by atoms with Crippen LogP contribution in [0, 0.1) is 0 Å². The van der Waals surface area contributed by atoms with Crippen LogP contribution in [0.25, 0.3) is 0 Å². The molecule has 0 aliphatic carbocycles. The average molecular weight is 294 g/mol. The van der Waals surface area contributed by atoms with E-state index in [1.807, 2.05) is 24.3 Å². The topological polar surface area (TPSA) is 77.3 Å². The van der Waals surface area contributed by atoms with E-state index in [-0.39, 0.29) is 6.04 Å². The maximum atomic E-state index is 11.1. The highest BCUT2D eigenvalue weighted by atomic mass is 35.5. The van der Waals surface area contributed by atoms with Gasteiger partial charge in [0, 0.05) is 17.9 Å². The highest BCUT2D eigenvalue weighted by Gasteiger charge is 2.25. The van der Waals surface area contributed by atoms with Gasteiger partial charge >= 0.3 is 6.09 Å². The lowest BCUT2D eigenvalue weighted by atomic mass is 10.1. The monoisotopic (exact) mass is 293 g/mol. The molecule has 1 fully saturated rings. The molecule has 2 aromatic rings. The molecule has 0 spiro atoms. The second-order valence-corrected chi connectivity index (χ2v) is 4.85. The third kappa shape index (κ3) is 2.75. The van der Waals surface area contributed by atoms with Crippen molar-refractivity contribution in [3.63, 3.8) is 0 Å². The Kier molecular flexibility index (Phi) is 3.56. The quantitative estimate of drug-likeness (QED) is 0.940. The van der Waals surface area contributed by atoms with Gasteiger partial charge in [-0.3, -0.25) is 0 Å². The lowest BCUT2D eigenvalue weighted by Crippen LogP contribution is -2.35. The van der Waals surface area contributed by atoms with Crippen molar-refractivity contribution in [2.45, 2.75) is 18.9 Å². The van der Waals surface area contributed by atoms with Crippen LogP contribution in [0.5, 0.6) is 0 Å². The fourth-order valence-corrected chi connectivity index (χ4v) is 2.21. The molecule has 0 saturated carbocycles. The molecule has 1 amide bonds. The minimum absolute atomic E-state index is 0.288. The highest BCUT2D eigenvalue weighted by molar-refractivity contribution is 6.31. The van der Waals surface area contributed by atoms with Gasteiger partial charge in [-0.25, -0.2) is 4.79 Å². The number of nitrogens with one attached hydrogen (secondary N) is 1. The van der Waals surface area contributed by atoms with Gasteiger partial charge in [-0.05, 0) is 11.6 Å². The Labute approximate surface area is 120 Å². The first-order valence-corrected chi connectivity index (χ1v) is 6.59. The number of carbonyl (C=O) groups is 1. The van der Waals surface area contributed by atoms with Crippen molar-refractivity contribution in [2.24, 2.45) is 0 Å². The molecule has 1 saturated heterocycles. The molecular formula is C13H12ClN3O3. The molecule has 3 rings (SSSR count).